The molecule has 0 nitrogen and oxygen atoms in total. The Morgan fingerprint density at radius 3 is 1.38 bits per heavy atom. The summed E-state index contributed by atoms with van der Waals surface area (Å²) in [5, 5.41) is 0. The van der Waals surface area contributed by atoms with Gasteiger partial charge in [-0.05, 0) is 59.1 Å². The number of unbranched alkanes of at least 4 members (excludes halogenated alkanes) is 6. The fourth-order valence-corrected chi connectivity index (χ4v) is 4.51. The Morgan fingerprint density at radius 1 is 0.471 bits per heavy atom. The van der Waals surface area contributed by atoms with Gasteiger partial charge in [-0.2, -0.15) is 0 Å². The molecular formula is C34H42. The molecule has 0 fully saturated rings. The van der Waals surface area contributed by atoms with Gasteiger partial charge in [0.1, 0.15) is 0 Å². The predicted octanol–water partition coefficient (Wildman–Crippen LogP) is 10.3. The van der Waals surface area contributed by atoms with Crippen LogP contribution < -0.4 is 0 Å². The maximum Gasteiger partial charge on any atom is -0.0192 e. The molecule has 0 aliphatic rings. The van der Waals surface area contributed by atoms with Crippen LogP contribution in [-0.4, -0.2) is 0 Å². The van der Waals surface area contributed by atoms with Crippen LogP contribution in [0.4, 0.5) is 0 Å². The van der Waals surface area contributed by atoms with Crippen molar-refractivity contribution in [1.29, 1.82) is 0 Å². The largest absolute Gasteiger partial charge is 0.0654 e. The molecule has 34 heavy (non-hydrogen) atoms. The third kappa shape index (κ3) is 8.82. The van der Waals surface area contributed by atoms with Crippen molar-refractivity contribution in [1.82, 2.24) is 0 Å². The first-order valence-electron chi connectivity index (χ1n) is 13.4. The summed E-state index contributed by atoms with van der Waals surface area (Å²) in [6.45, 7) is 4.58. The molecule has 0 heterocycles. The number of benzene rings is 3. The van der Waals surface area contributed by atoms with E-state index in [1.54, 1.807) is 0 Å². The van der Waals surface area contributed by atoms with Crippen molar-refractivity contribution >= 4 is 24.3 Å². The summed E-state index contributed by atoms with van der Waals surface area (Å²) in [7, 11) is 0. The first-order valence-corrected chi connectivity index (χ1v) is 13.4. The molecule has 3 rings (SSSR count). The molecule has 0 saturated carbocycles. The van der Waals surface area contributed by atoms with Crippen LogP contribution in [0.2, 0.25) is 0 Å². The quantitative estimate of drug-likeness (QED) is 0.169. The molecule has 0 radical (unpaired) electrons. The second-order valence-electron chi connectivity index (χ2n) is 9.36. The number of hydrogen-bond acceptors (Lipinski definition) is 0. The van der Waals surface area contributed by atoms with E-state index in [0.29, 0.717) is 0 Å². The summed E-state index contributed by atoms with van der Waals surface area (Å²) >= 11 is 0. The summed E-state index contributed by atoms with van der Waals surface area (Å²) in [5.74, 6) is 0. The Labute approximate surface area is 208 Å². The molecule has 0 saturated heterocycles. The lowest BCUT2D eigenvalue weighted by Crippen LogP contribution is -1.99. The van der Waals surface area contributed by atoms with E-state index in [0.717, 1.165) is 12.8 Å². The van der Waals surface area contributed by atoms with E-state index >= 15 is 0 Å². The van der Waals surface area contributed by atoms with Gasteiger partial charge in [-0.15, -0.1) is 0 Å². The Balaban J connectivity index is 1.94. The van der Waals surface area contributed by atoms with Gasteiger partial charge in [0.15, 0.2) is 0 Å². The van der Waals surface area contributed by atoms with Crippen molar-refractivity contribution in [3.63, 3.8) is 0 Å². The van der Waals surface area contributed by atoms with E-state index in [1.807, 2.05) is 0 Å². The highest BCUT2D eigenvalue weighted by Gasteiger charge is 2.09. The molecule has 0 heteroatoms. The average Bonchev–Trinajstić information content (AvgIpc) is 2.88. The van der Waals surface area contributed by atoms with Gasteiger partial charge < -0.3 is 0 Å². The molecule has 0 unspecified atom stereocenters. The van der Waals surface area contributed by atoms with E-state index in [1.165, 1.54) is 84.7 Å². The minimum atomic E-state index is 1.16. The average molecular weight is 451 g/mol. The Kier molecular flexibility index (Phi) is 11.5. The highest BCUT2D eigenvalue weighted by atomic mass is 14.1. The number of aryl methyl sites for hydroxylation is 2. The van der Waals surface area contributed by atoms with Crippen LogP contribution in [-0.2, 0) is 12.8 Å². The van der Waals surface area contributed by atoms with Crippen LogP contribution >= 0.6 is 0 Å². The fourth-order valence-electron chi connectivity index (χ4n) is 4.51. The highest BCUT2D eigenvalue weighted by Crippen LogP contribution is 2.26. The molecule has 0 aliphatic carbocycles. The van der Waals surface area contributed by atoms with Gasteiger partial charge >= 0.3 is 0 Å². The van der Waals surface area contributed by atoms with Gasteiger partial charge in [0.05, 0.1) is 0 Å². The van der Waals surface area contributed by atoms with Crippen molar-refractivity contribution < 1.29 is 0 Å². The van der Waals surface area contributed by atoms with Crippen LogP contribution in [0.25, 0.3) is 24.3 Å². The summed E-state index contributed by atoms with van der Waals surface area (Å²) in [4.78, 5) is 0. The molecule has 0 N–H and O–H groups in total. The summed E-state index contributed by atoms with van der Waals surface area (Å²) in [6.07, 6.45) is 21.9. The third-order valence-corrected chi connectivity index (χ3v) is 6.48. The van der Waals surface area contributed by atoms with E-state index in [-0.39, 0.29) is 0 Å². The molecule has 178 valence electrons. The Morgan fingerprint density at radius 2 is 0.912 bits per heavy atom. The minimum absolute atomic E-state index is 1.16. The number of hydrogen-bond donors (Lipinski definition) is 0. The highest BCUT2D eigenvalue weighted by molar-refractivity contribution is 5.76. The van der Waals surface area contributed by atoms with E-state index in [9.17, 15) is 0 Å². The lowest BCUT2D eigenvalue weighted by Gasteiger charge is -2.15. The molecule has 3 aromatic carbocycles. The molecule has 0 bridgehead atoms. The van der Waals surface area contributed by atoms with Crippen LogP contribution in [0.1, 0.15) is 98.6 Å². The van der Waals surface area contributed by atoms with E-state index in [4.69, 9.17) is 0 Å². The van der Waals surface area contributed by atoms with Crippen molar-refractivity contribution in [2.45, 2.75) is 78.1 Å². The van der Waals surface area contributed by atoms with E-state index < -0.39 is 0 Å². The lowest BCUT2D eigenvalue weighted by molar-refractivity contribution is 0.660. The first-order chi connectivity index (χ1) is 16.8. The summed E-state index contributed by atoms with van der Waals surface area (Å²) < 4.78 is 0. The fraction of sp³-hybridized carbons (Fsp3) is 0.353. The third-order valence-electron chi connectivity index (χ3n) is 6.48. The van der Waals surface area contributed by atoms with Gasteiger partial charge in [-0.1, -0.05) is 149 Å². The van der Waals surface area contributed by atoms with Gasteiger partial charge in [-0.25, -0.2) is 0 Å². The SMILES string of the molecule is CCCCCCc1cc(/C=C/c2ccccc2)cc(CCCCCC)c1/C=C/c1ccccc1. The maximum absolute atomic E-state index is 2.44. The predicted molar refractivity (Wildman–Crippen MR) is 153 cm³/mol. The van der Waals surface area contributed by atoms with E-state index in [2.05, 4.69) is 111 Å². The molecular weight excluding hydrogens is 408 g/mol. The molecule has 0 amide bonds. The van der Waals surface area contributed by atoms with Gasteiger partial charge in [0.2, 0.25) is 0 Å². The first kappa shape index (κ1) is 25.8. The second-order valence-corrected chi connectivity index (χ2v) is 9.36. The molecule has 0 atom stereocenters. The summed E-state index contributed by atoms with van der Waals surface area (Å²) in [6, 6.07) is 26.2. The van der Waals surface area contributed by atoms with Gasteiger partial charge in [0.25, 0.3) is 0 Å². The lowest BCUT2D eigenvalue weighted by atomic mass is 9.90. The summed E-state index contributed by atoms with van der Waals surface area (Å²) in [5.41, 5.74) is 8.31. The van der Waals surface area contributed by atoms with Crippen LogP contribution in [0, 0.1) is 0 Å². The van der Waals surface area contributed by atoms with Crippen molar-refractivity contribution in [2.75, 3.05) is 0 Å². The van der Waals surface area contributed by atoms with Gasteiger partial charge in [-0.3, -0.25) is 0 Å². The zero-order chi connectivity index (χ0) is 23.8. The monoisotopic (exact) mass is 450 g/mol. The van der Waals surface area contributed by atoms with Crippen LogP contribution in [0.5, 0.6) is 0 Å². The zero-order valence-corrected chi connectivity index (χ0v) is 21.3. The Hall–Kier alpha value is -2.86. The minimum Gasteiger partial charge on any atom is -0.0654 e. The molecule has 0 aliphatic heterocycles. The normalized spacial score (nSPS) is 11.6. The smallest absolute Gasteiger partial charge is 0.0192 e. The Bertz CT molecular complexity index is 975. The number of rotatable bonds is 14. The van der Waals surface area contributed by atoms with Crippen molar-refractivity contribution in [3.8, 4) is 0 Å². The second kappa shape index (κ2) is 15.1. The van der Waals surface area contributed by atoms with Crippen molar-refractivity contribution in [2.24, 2.45) is 0 Å². The molecule has 0 aromatic heterocycles. The maximum atomic E-state index is 2.44. The van der Waals surface area contributed by atoms with Crippen LogP contribution in [0.15, 0.2) is 72.8 Å². The standard InChI is InChI=1S/C34H42/c1-3-5-7-15-21-32-27-31(24-23-29-17-11-9-12-18-29)28-33(22-16-8-6-4-2)34(32)26-25-30-19-13-10-14-20-30/h9-14,17-20,23-28H,3-8,15-16,21-22H2,1-2H3/b24-23+,26-25+. The van der Waals surface area contributed by atoms with Crippen LogP contribution in [0.3, 0.4) is 0 Å². The zero-order valence-electron chi connectivity index (χ0n) is 21.3. The topological polar surface area (TPSA) is 0 Å². The molecule has 0 spiro atoms. The molecule has 3 aromatic rings. The van der Waals surface area contributed by atoms with Crippen molar-refractivity contribution in [3.05, 3.63) is 106 Å². The van der Waals surface area contributed by atoms with Gasteiger partial charge in [0, 0.05) is 0 Å².